The number of carbonyl (C=O) groups is 2. The highest BCUT2D eigenvalue weighted by molar-refractivity contribution is 7.10. The van der Waals surface area contributed by atoms with E-state index in [1.807, 2.05) is 49.5 Å². The number of hydrogen-bond acceptors (Lipinski definition) is 4. The number of rotatable bonds is 6. The number of thiophene rings is 1. The van der Waals surface area contributed by atoms with Crippen LogP contribution < -0.4 is 11.1 Å². The topological polar surface area (TPSA) is 75.4 Å². The SMILES string of the molecule is CC(C(=O)Nc1cc(C(N)=O)ccc1CN(C)C)c1cccs1. The molecule has 1 heterocycles. The molecule has 0 aliphatic rings. The molecular weight excluding hydrogens is 310 g/mol. The van der Waals surface area contributed by atoms with Gasteiger partial charge in [-0.3, -0.25) is 9.59 Å². The lowest BCUT2D eigenvalue weighted by molar-refractivity contribution is -0.117. The van der Waals surface area contributed by atoms with E-state index in [2.05, 4.69) is 5.32 Å². The van der Waals surface area contributed by atoms with Crippen molar-refractivity contribution >= 4 is 28.8 Å². The molecule has 1 aromatic carbocycles. The van der Waals surface area contributed by atoms with E-state index >= 15 is 0 Å². The number of hydrogen-bond donors (Lipinski definition) is 2. The molecule has 2 aromatic rings. The molecule has 23 heavy (non-hydrogen) atoms. The first kappa shape index (κ1) is 17.2. The second-order valence-corrected chi connectivity index (χ2v) is 6.68. The van der Waals surface area contributed by atoms with Gasteiger partial charge in [0.05, 0.1) is 5.92 Å². The zero-order chi connectivity index (χ0) is 17.0. The Balaban J connectivity index is 2.26. The molecule has 0 saturated carbocycles. The smallest absolute Gasteiger partial charge is 0.248 e. The molecule has 5 nitrogen and oxygen atoms in total. The quantitative estimate of drug-likeness (QED) is 0.854. The monoisotopic (exact) mass is 331 g/mol. The van der Waals surface area contributed by atoms with E-state index in [0.29, 0.717) is 17.8 Å². The zero-order valence-corrected chi connectivity index (χ0v) is 14.3. The van der Waals surface area contributed by atoms with E-state index < -0.39 is 5.91 Å². The van der Waals surface area contributed by atoms with Gasteiger partial charge in [-0.2, -0.15) is 0 Å². The van der Waals surface area contributed by atoms with Crippen LogP contribution in [0.25, 0.3) is 0 Å². The van der Waals surface area contributed by atoms with Gasteiger partial charge in [0.2, 0.25) is 11.8 Å². The Kier molecular flexibility index (Phi) is 5.52. The van der Waals surface area contributed by atoms with Crippen LogP contribution >= 0.6 is 11.3 Å². The second-order valence-electron chi connectivity index (χ2n) is 5.70. The molecule has 0 aliphatic heterocycles. The molecule has 122 valence electrons. The number of nitrogens with two attached hydrogens (primary N) is 1. The van der Waals surface area contributed by atoms with Crippen molar-refractivity contribution in [1.29, 1.82) is 0 Å². The van der Waals surface area contributed by atoms with Gasteiger partial charge in [0.25, 0.3) is 0 Å². The molecule has 0 aliphatic carbocycles. The molecule has 2 rings (SSSR count). The standard InChI is InChI=1S/C17H21N3O2S/c1-11(15-5-4-8-23-15)17(22)19-14-9-12(16(18)21)6-7-13(14)10-20(2)3/h4-9,11H,10H2,1-3H3,(H2,18,21)(H,19,22). The third-order valence-electron chi connectivity index (χ3n) is 3.50. The average Bonchev–Trinajstić information content (AvgIpc) is 3.01. The lowest BCUT2D eigenvalue weighted by Gasteiger charge is -2.17. The predicted molar refractivity (Wildman–Crippen MR) is 93.7 cm³/mol. The summed E-state index contributed by atoms with van der Waals surface area (Å²) in [7, 11) is 3.89. The van der Waals surface area contributed by atoms with Crippen molar-refractivity contribution in [3.8, 4) is 0 Å². The van der Waals surface area contributed by atoms with Crippen molar-refractivity contribution in [2.75, 3.05) is 19.4 Å². The molecule has 1 unspecified atom stereocenters. The number of nitrogens with one attached hydrogen (secondary N) is 1. The van der Waals surface area contributed by atoms with E-state index in [9.17, 15) is 9.59 Å². The number of amides is 2. The third kappa shape index (κ3) is 4.40. The molecule has 0 bridgehead atoms. The Morgan fingerprint density at radius 1 is 1.30 bits per heavy atom. The van der Waals surface area contributed by atoms with Crippen LogP contribution in [0.5, 0.6) is 0 Å². The molecule has 0 spiro atoms. The summed E-state index contributed by atoms with van der Waals surface area (Å²) >= 11 is 1.55. The first-order valence-electron chi connectivity index (χ1n) is 7.30. The van der Waals surface area contributed by atoms with Crippen LogP contribution in [-0.4, -0.2) is 30.8 Å². The summed E-state index contributed by atoms with van der Waals surface area (Å²) in [5, 5.41) is 4.88. The summed E-state index contributed by atoms with van der Waals surface area (Å²) < 4.78 is 0. The fourth-order valence-electron chi connectivity index (χ4n) is 2.23. The molecule has 1 aromatic heterocycles. The maximum absolute atomic E-state index is 12.5. The van der Waals surface area contributed by atoms with Crippen molar-refractivity contribution in [1.82, 2.24) is 4.90 Å². The van der Waals surface area contributed by atoms with Crippen LogP contribution in [0.4, 0.5) is 5.69 Å². The minimum atomic E-state index is -0.511. The van der Waals surface area contributed by atoms with Gasteiger partial charge in [0.1, 0.15) is 0 Å². The van der Waals surface area contributed by atoms with Crippen molar-refractivity contribution in [3.63, 3.8) is 0 Å². The number of benzene rings is 1. The van der Waals surface area contributed by atoms with Gasteiger partial charge < -0.3 is 16.0 Å². The van der Waals surface area contributed by atoms with Gasteiger partial charge in [-0.05, 0) is 50.2 Å². The average molecular weight is 331 g/mol. The normalized spacial score (nSPS) is 12.2. The maximum Gasteiger partial charge on any atom is 0.248 e. The molecular formula is C17H21N3O2S. The summed E-state index contributed by atoms with van der Waals surface area (Å²) in [6, 6.07) is 9.01. The van der Waals surface area contributed by atoms with E-state index in [1.165, 1.54) is 0 Å². The number of nitrogens with zero attached hydrogens (tertiary/aromatic N) is 1. The van der Waals surface area contributed by atoms with Crippen LogP contribution in [0, 0.1) is 0 Å². The molecule has 2 amide bonds. The predicted octanol–water partition coefficient (Wildman–Crippen LogP) is 2.65. The fraction of sp³-hybridized carbons (Fsp3) is 0.294. The summed E-state index contributed by atoms with van der Waals surface area (Å²) in [5.74, 6) is -0.864. The van der Waals surface area contributed by atoms with Crippen molar-refractivity contribution in [3.05, 3.63) is 51.7 Å². The fourth-order valence-corrected chi connectivity index (χ4v) is 3.02. The third-order valence-corrected chi connectivity index (χ3v) is 4.56. The van der Waals surface area contributed by atoms with Crippen molar-refractivity contribution < 1.29 is 9.59 Å². The molecule has 0 saturated heterocycles. The highest BCUT2D eigenvalue weighted by atomic mass is 32.1. The molecule has 1 atom stereocenters. The largest absolute Gasteiger partial charge is 0.366 e. The Hall–Kier alpha value is -2.18. The zero-order valence-electron chi connectivity index (χ0n) is 13.5. The Morgan fingerprint density at radius 3 is 2.61 bits per heavy atom. The van der Waals surface area contributed by atoms with Crippen LogP contribution in [0.1, 0.15) is 33.6 Å². The molecule has 6 heteroatoms. The van der Waals surface area contributed by atoms with Gasteiger partial charge in [-0.1, -0.05) is 12.1 Å². The molecule has 0 radical (unpaired) electrons. The summed E-state index contributed by atoms with van der Waals surface area (Å²) in [6.45, 7) is 2.52. The first-order chi connectivity index (χ1) is 10.9. The Morgan fingerprint density at radius 2 is 2.04 bits per heavy atom. The number of carbonyl (C=O) groups excluding carboxylic acids is 2. The van der Waals surface area contributed by atoms with Crippen LogP contribution in [-0.2, 0) is 11.3 Å². The van der Waals surface area contributed by atoms with Gasteiger partial charge in [-0.15, -0.1) is 11.3 Å². The first-order valence-corrected chi connectivity index (χ1v) is 8.18. The van der Waals surface area contributed by atoms with Crippen LogP contribution in [0.15, 0.2) is 35.7 Å². The molecule has 3 N–H and O–H groups in total. The lowest BCUT2D eigenvalue weighted by atomic mass is 10.1. The highest BCUT2D eigenvalue weighted by Crippen LogP contribution is 2.25. The minimum absolute atomic E-state index is 0.103. The number of primary amides is 1. The van der Waals surface area contributed by atoms with Crippen molar-refractivity contribution in [2.45, 2.75) is 19.4 Å². The van der Waals surface area contributed by atoms with E-state index in [0.717, 1.165) is 10.4 Å². The number of anilines is 1. The van der Waals surface area contributed by atoms with Gasteiger partial charge in [0, 0.05) is 22.7 Å². The summed E-state index contributed by atoms with van der Waals surface area (Å²) in [6.07, 6.45) is 0. The maximum atomic E-state index is 12.5. The van der Waals surface area contributed by atoms with Gasteiger partial charge in [0.15, 0.2) is 0 Å². The Labute approximate surface area is 140 Å². The van der Waals surface area contributed by atoms with E-state index in [-0.39, 0.29) is 11.8 Å². The minimum Gasteiger partial charge on any atom is -0.366 e. The van der Waals surface area contributed by atoms with Crippen molar-refractivity contribution in [2.24, 2.45) is 5.73 Å². The summed E-state index contributed by atoms with van der Waals surface area (Å²) in [4.78, 5) is 26.9. The van der Waals surface area contributed by atoms with Crippen LogP contribution in [0.2, 0.25) is 0 Å². The van der Waals surface area contributed by atoms with Crippen LogP contribution in [0.3, 0.4) is 0 Å². The summed E-state index contributed by atoms with van der Waals surface area (Å²) in [5.41, 5.74) is 7.29. The van der Waals surface area contributed by atoms with Gasteiger partial charge >= 0.3 is 0 Å². The Bertz CT molecular complexity index is 696. The van der Waals surface area contributed by atoms with E-state index in [4.69, 9.17) is 5.73 Å². The second kappa shape index (κ2) is 7.39. The van der Waals surface area contributed by atoms with Gasteiger partial charge in [-0.25, -0.2) is 0 Å². The van der Waals surface area contributed by atoms with E-state index in [1.54, 1.807) is 23.5 Å². The lowest BCUT2D eigenvalue weighted by Crippen LogP contribution is -2.21. The highest BCUT2D eigenvalue weighted by Gasteiger charge is 2.18. The molecule has 0 fully saturated rings.